The molecule has 1 aliphatic heterocycles. The number of esters is 1. The van der Waals surface area contributed by atoms with Crippen molar-refractivity contribution in [2.45, 2.75) is 19.8 Å². The predicted molar refractivity (Wildman–Crippen MR) is 103 cm³/mol. The molecule has 152 valence electrons. The summed E-state index contributed by atoms with van der Waals surface area (Å²) in [5.74, 6) is 0.786. The Morgan fingerprint density at radius 2 is 1.89 bits per heavy atom. The van der Waals surface area contributed by atoms with Gasteiger partial charge < -0.3 is 28.8 Å². The van der Waals surface area contributed by atoms with E-state index < -0.39 is 0 Å². The Bertz CT molecular complexity index is 875. The van der Waals surface area contributed by atoms with E-state index in [4.69, 9.17) is 18.9 Å². The molecule has 0 saturated carbocycles. The van der Waals surface area contributed by atoms with E-state index in [0.717, 1.165) is 18.2 Å². The van der Waals surface area contributed by atoms with Crippen molar-refractivity contribution in [3.63, 3.8) is 0 Å². The van der Waals surface area contributed by atoms with Crippen molar-refractivity contribution in [3.8, 4) is 17.2 Å². The van der Waals surface area contributed by atoms with Gasteiger partial charge in [-0.1, -0.05) is 0 Å². The summed E-state index contributed by atoms with van der Waals surface area (Å²) in [5.41, 5.74) is 1.13. The Labute approximate surface area is 163 Å². The molecule has 1 aromatic heterocycles. The van der Waals surface area contributed by atoms with Crippen LogP contribution in [-0.4, -0.2) is 62.8 Å². The molecule has 1 saturated heterocycles. The zero-order valence-electron chi connectivity index (χ0n) is 16.7. The second-order valence-electron chi connectivity index (χ2n) is 6.63. The molecule has 8 nitrogen and oxygen atoms in total. The molecule has 1 N–H and O–H groups in total. The lowest BCUT2D eigenvalue weighted by Gasteiger charge is -2.31. The summed E-state index contributed by atoms with van der Waals surface area (Å²) in [6.45, 7) is 3.09. The first-order valence-electron chi connectivity index (χ1n) is 9.31. The van der Waals surface area contributed by atoms with Crippen molar-refractivity contribution in [2.75, 3.05) is 41.0 Å². The topological polar surface area (TPSA) is 90.1 Å². The minimum atomic E-state index is -0.281. The molecule has 0 unspecified atom stereocenters. The Kier molecular flexibility index (Phi) is 5.96. The van der Waals surface area contributed by atoms with Crippen LogP contribution in [0.5, 0.6) is 17.2 Å². The third-order valence-electron chi connectivity index (χ3n) is 4.99. The molecule has 1 atom stereocenters. The molecule has 0 aliphatic carbocycles. The first-order valence-corrected chi connectivity index (χ1v) is 9.31. The number of nitrogens with zero attached hydrogens (tertiary/aromatic N) is 1. The highest BCUT2D eigenvalue weighted by atomic mass is 16.5. The Balaban J connectivity index is 1.91. The molecule has 8 heteroatoms. The lowest BCUT2D eigenvalue weighted by Crippen LogP contribution is -2.42. The van der Waals surface area contributed by atoms with Crippen molar-refractivity contribution in [1.82, 2.24) is 9.88 Å². The van der Waals surface area contributed by atoms with Crippen LogP contribution in [0, 0.1) is 5.92 Å². The second kappa shape index (κ2) is 8.41. The molecule has 0 bridgehead atoms. The molecule has 2 heterocycles. The maximum absolute atomic E-state index is 13.0. The van der Waals surface area contributed by atoms with Crippen molar-refractivity contribution in [2.24, 2.45) is 5.92 Å². The number of carbonyl (C=O) groups excluding carboxylic acids is 2. The van der Waals surface area contributed by atoms with Crippen LogP contribution in [0.4, 0.5) is 0 Å². The van der Waals surface area contributed by atoms with Gasteiger partial charge >= 0.3 is 5.97 Å². The maximum Gasteiger partial charge on any atom is 0.310 e. The van der Waals surface area contributed by atoms with E-state index in [1.807, 2.05) is 0 Å². The van der Waals surface area contributed by atoms with Crippen LogP contribution >= 0.6 is 0 Å². The molecule has 1 amide bonds. The van der Waals surface area contributed by atoms with Crippen molar-refractivity contribution < 1.29 is 28.5 Å². The normalized spacial score (nSPS) is 16.7. The average Bonchev–Trinajstić information content (AvgIpc) is 3.15. The number of methoxy groups -OCH3 is 3. The number of aromatic nitrogens is 1. The van der Waals surface area contributed by atoms with Gasteiger partial charge in [0.15, 0.2) is 11.5 Å². The Morgan fingerprint density at radius 1 is 1.14 bits per heavy atom. The zero-order valence-corrected chi connectivity index (χ0v) is 16.7. The number of rotatable bonds is 6. The average molecular weight is 390 g/mol. The van der Waals surface area contributed by atoms with Gasteiger partial charge in [-0.15, -0.1) is 0 Å². The van der Waals surface area contributed by atoms with E-state index in [2.05, 4.69) is 4.98 Å². The molecule has 2 aromatic rings. The molecule has 1 aliphatic rings. The van der Waals surface area contributed by atoms with Crippen LogP contribution in [0.2, 0.25) is 0 Å². The summed E-state index contributed by atoms with van der Waals surface area (Å²) in [4.78, 5) is 29.9. The predicted octanol–water partition coefficient (Wildman–Crippen LogP) is 2.61. The van der Waals surface area contributed by atoms with E-state index in [9.17, 15) is 9.59 Å². The fraction of sp³-hybridized carbons (Fsp3) is 0.500. The van der Waals surface area contributed by atoms with Crippen LogP contribution < -0.4 is 14.2 Å². The maximum atomic E-state index is 13.0. The summed E-state index contributed by atoms with van der Waals surface area (Å²) in [5, 5.41) is 0.724. The number of benzene rings is 1. The van der Waals surface area contributed by atoms with Crippen molar-refractivity contribution in [3.05, 3.63) is 17.8 Å². The summed E-state index contributed by atoms with van der Waals surface area (Å²) in [7, 11) is 4.62. The van der Waals surface area contributed by atoms with E-state index in [1.54, 1.807) is 38.2 Å². The Hall–Kier alpha value is -2.90. The molecular formula is C20H26N2O6. The van der Waals surface area contributed by atoms with E-state index >= 15 is 0 Å². The van der Waals surface area contributed by atoms with Crippen molar-refractivity contribution >= 4 is 22.8 Å². The van der Waals surface area contributed by atoms with E-state index in [-0.39, 0.29) is 17.8 Å². The number of hydrogen-bond acceptors (Lipinski definition) is 6. The summed E-state index contributed by atoms with van der Waals surface area (Å²) >= 11 is 0. The van der Waals surface area contributed by atoms with Crippen LogP contribution in [0.15, 0.2) is 12.1 Å². The summed E-state index contributed by atoms with van der Waals surface area (Å²) in [6, 6.07) is 3.51. The SMILES string of the molecule is CCOC(=O)[C@H]1CCCN(C(=O)c2cc3c(OC)c(OC)c(OC)cc3[nH]2)C1. The fourth-order valence-electron chi connectivity index (χ4n) is 3.65. The van der Waals surface area contributed by atoms with Crippen LogP contribution in [0.3, 0.4) is 0 Å². The van der Waals surface area contributed by atoms with E-state index in [0.29, 0.717) is 48.2 Å². The number of likely N-dealkylation sites (tertiary alicyclic amines) is 1. The molecule has 0 spiro atoms. The van der Waals surface area contributed by atoms with Crippen LogP contribution in [-0.2, 0) is 9.53 Å². The van der Waals surface area contributed by atoms with Crippen LogP contribution in [0.1, 0.15) is 30.3 Å². The van der Waals surface area contributed by atoms with E-state index in [1.165, 1.54) is 7.11 Å². The molecule has 28 heavy (non-hydrogen) atoms. The number of hydrogen-bond donors (Lipinski definition) is 1. The largest absolute Gasteiger partial charge is 0.493 e. The smallest absolute Gasteiger partial charge is 0.310 e. The highest BCUT2D eigenvalue weighted by molar-refractivity contribution is 6.01. The minimum Gasteiger partial charge on any atom is -0.493 e. The van der Waals surface area contributed by atoms with Gasteiger partial charge in [0.1, 0.15) is 5.69 Å². The first-order chi connectivity index (χ1) is 13.5. The molecule has 1 fully saturated rings. The lowest BCUT2D eigenvalue weighted by molar-refractivity contribution is -0.149. The van der Waals surface area contributed by atoms with Crippen LogP contribution in [0.25, 0.3) is 10.9 Å². The highest BCUT2D eigenvalue weighted by Crippen LogP contribution is 2.43. The van der Waals surface area contributed by atoms with Gasteiger partial charge in [-0.25, -0.2) is 0 Å². The first kappa shape index (κ1) is 19.9. The quantitative estimate of drug-likeness (QED) is 0.763. The third-order valence-corrected chi connectivity index (χ3v) is 4.99. The zero-order chi connectivity index (χ0) is 20.3. The summed E-state index contributed by atoms with van der Waals surface area (Å²) < 4.78 is 21.4. The number of H-pyrrole nitrogens is 1. The number of ether oxygens (including phenoxy) is 4. The van der Waals surface area contributed by atoms with Gasteiger partial charge in [-0.05, 0) is 25.8 Å². The van der Waals surface area contributed by atoms with Gasteiger partial charge in [0.05, 0.1) is 39.4 Å². The number of carbonyl (C=O) groups is 2. The molecular weight excluding hydrogens is 364 g/mol. The lowest BCUT2D eigenvalue weighted by atomic mass is 9.98. The number of piperidine rings is 1. The number of nitrogens with one attached hydrogen (secondary N) is 1. The monoisotopic (exact) mass is 390 g/mol. The fourth-order valence-corrected chi connectivity index (χ4v) is 3.65. The number of amides is 1. The number of fused-ring (bicyclic) bond motifs is 1. The van der Waals surface area contributed by atoms with Crippen molar-refractivity contribution in [1.29, 1.82) is 0 Å². The molecule has 3 rings (SSSR count). The summed E-state index contributed by atoms with van der Waals surface area (Å²) in [6.07, 6.45) is 1.50. The number of aromatic amines is 1. The minimum absolute atomic E-state index is 0.162. The van der Waals surface area contributed by atoms with Gasteiger partial charge in [-0.3, -0.25) is 9.59 Å². The van der Waals surface area contributed by atoms with Gasteiger partial charge in [0.25, 0.3) is 5.91 Å². The highest BCUT2D eigenvalue weighted by Gasteiger charge is 2.31. The van der Waals surface area contributed by atoms with Gasteiger partial charge in [0, 0.05) is 24.5 Å². The molecule has 0 radical (unpaired) electrons. The third kappa shape index (κ3) is 3.58. The Morgan fingerprint density at radius 3 is 2.54 bits per heavy atom. The second-order valence-corrected chi connectivity index (χ2v) is 6.63. The molecule has 1 aromatic carbocycles. The van der Waals surface area contributed by atoms with Gasteiger partial charge in [0.2, 0.25) is 5.75 Å². The van der Waals surface area contributed by atoms with Gasteiger partial charge in [-0.2, -0.15) is 0 Å². The standard InChI is InChI=1S/C20H26N2O6/c1-5-28-20(24)12-7-6-8-22(11-12)19(23)15-9-13-14(21-15)10-16(25-2)18(27-4)17(13)26-3/h9-10,12,21H,5-8,11H2,1-4H3/t12-/m0/s1.